The van der Waals surface area contributed by atoms with E-state index in [9.17, 15) is 4.79 Å². The Kier molecular flexibility index (Phi) is 6.63. The third kappa shape index (κ3) is 4.80. The lowest BCUT2D eigenvalue weighted by Gasteiger charge is -2.28. The molecule has 1 atom stereocenters. The van der Waals surface area contributed by atoms with Gasteiger partial charge in [0.1, 0.15) is 0 Å². The van der Waals surface area contributed by atoms with Crippen molar-refractivity contribution in [3.8, 4) is 0 Å². The number of rotatable bonds is 5. The maximum Gasteiger partial charge on any atom is 0.224 e. The van der Waals surface area contributed by atoms with E-state index in [0.29, 0.717) is 6.42 Å². The molecule has 5 nitrogen and oxygen atoms in total. The zero-order valence-corrected chi connectivity index (χ0v) is 15.2. The summed E-state index contributed by atoms with van der Waals surface area (Å²) in [5.41, 5.74) is 3.18. The number of aryl methyl sites for hydroxylation is 2. The van der Waals surface area contributed by atoms with Crippen LogP contribution in [0.3, 0.4) is 0 Å². The van der Waals surface area contributed by atoms with E-state index in [1.165, 1.54) is 32.1 Å². The highest BCUT2D eigenvalue weighted by molar-refractivity contribution is 5.76. The summed E-state index contributed by atoms with van der Waals surface area (Å²) >= 11 is 0. The zero-order valence-electron chi connectivity index (χ0n) is 15.2. The number of amides is 1. The third-order valence-corrected chi connectivity index (χ3v) is 5.17. The molecule has 1 N–H and O–H groups in total. The van der Waals surface area contributed by atoms with E-state index in [-0.39, 0.29) is 11.9 Å². The minimum Gasteiger partial charge on any atom is -0.339 e. The van der Waals surface area contributed by atoms with Gasteiger partial charge in [0, 0.05) is 31.3 Å². The van der Waals surface area contributed by atoms with Gasteiger partial charge in [-0.3, -0.25) is 9.89 Å². The van der Waals surface area contributed by atoms with E-state index in [0.717, 1.165) is 36.6 Å². The second-order valence-corrected chi connectivity index (χ2v) is 6.89. The second-order valence-electron chi connectivity index (χ2n) is 6.89. The number of carbonyl (C=O) groups excluding carboxylic acids is 1. The van der Waals surface area contributed by atoms with Crippen LogP contribution in [0.25, 0.3) is 0 Å². The summed E-state index contributed by atoms with van der Waals surface area (Å²) in [4.78, 5) is 16.9. The van der Waals surface area contributed by atoms with Crippen LogP contribution in [0.15, 0.2) is 0 Å². The molecule has 0 spiro atoms. The lowest BCUT2D eigenvalue weighted by molar-refractivity contribution is -0.132. The number of nitrogens with one attached hydrogen (secondary N) is 1. The van der Waals surface area contributed by atoms with Gasteiger partial charge >= 0.3 is 0 Å². The highest BCUT2D eigenvalue weighted by atomic mass is 16.2. The fourth-order valence-corrected chi connectivity index (χ4v) is 3.55. The molecule has 1 aromatic heterocycles. The average Bonchev–Trinajstić information content (AvgIpc) is 2.83. The minimum atomic E-state index is 0.0635. The lowest BCUT2D eigenvalue weighted by Crippen LogP contribution is -2.35. The Hall–Kier alpha value is -1.36. The first-order valence-electron chi connectivity index (χ1n) is 9.00. The van der Waals surface area contributed by atoms with E-state index >= 15 is 0 Å². The molecule has 1 fully saturated rings. The summed E-state index contributed by atoms with van der Waals surface area (Å²) in [6.07, 6.45) is 7.19. The number of aromatic amines is 1. The summed E-state index contributed by atoms with van der Waals surface area (Å²) < 4.78 is 0. The number of nitrogens with zero attached hydrogens (tertiary/aromatic N) is 3. The molecule has 5 heteroatoms. The van der Waals surface area contributed by atoms with Crippen molar-refractivity contribution in [2.75, 3.05) is 26.7 Å². The number of hydrogen-bond donors (Lipinski definition) is 1. The highest BCUT2D eigenvalue weighted by Gasteiger charge is 2.22. The van der Waals surface area contributed by atoms with Crippen LogP contribution in [0.4, 0.5) is 0 Å². The Balaban J connectivity index is 1.86. The van der Waals surface area contributed by atoms with Crippen LogP contribution in [-0.4, -0.2) is 52.6 Å². The molecular weight excluding hydrogens is 288 g/mol. The number of H-pyrrole nitrogens is 1. The molecule has 1 amide bonds. The molecule has 0 aromatic carbocycles. The topological polar surface area (TPSA) is 52.2 Å². The summed E-state index contributed by atoms with van der Waals surface area (Å²) in [5.74, 6) is 0.222. The molecule has 1 aromatic rings. The monoisotopic (exact) mass is 320 g/mol. The zero-order chi connectivity index (χ0) is 16.8. The predicted octanol–water partition coefficient (Wildman–Crippen LogP) is 3.20. The molecule has 23 heavy (non-hydrogen) atoms. The van der Waals surface area contributed by atoms with Crippen LogP contribution in [0.2, 0.25) is 0 Å². The van der Waals surface area contributed by atoms with Gasteiger partial charge in [0.05, 0.1) is 11.7 Å². The molecule has 0 bridgehead atoms. The molecule has 1 aliphatic heterocycles. The Bertz CT molecular complexity index is 484. The minimum absolute atomic E-state index is 0.0635. The standard InChI is InChI=1S/C18H32N4O/c1-14-18(15(2)20-19-14)16(3)21(4)17(23)10-13-22-11-8-6-5-7-9-12-22/h16H,5-13H2,1-4H3,(H,19,20)/t16-/m1/s1. The fourth-order valence-electron chi connectivity index (χ4n) is 3.55. The number of likely N-dealkylation sites (tertiary alicyclic amines) is 1. The van der Waals surface area contributed by atoms with Crippen LogP contribution < -0.4 is 0 Å². The van der Waals surface area contributed by atoms with Crippen molar-refractivity contribution in [3.63, 3.8) is 0 Å². The van der Waals surface area contributed by atoms with Crippen molar-refractivity contribution < 1.29 is 4.79 Å². The van der Waals surface area contributed by atoms with Crippen LogP contribution >= 0.6 is 0 Å². The first-order valence-corrected chi connectivity index (χ1v) is 9.00. The van der Waals surface area contributed by atoms with Gasteiger partial charge in [-0.25, -0.2) is 0 Å². The maximum atomic E-state index is 12.6. The maximum absolute atomic E-state index is 12.6. The van der Waals surface area contributed by atoms with Crippen molar-refractivity contribution in [2.24, 2.45) is 0 Å². The van der Waals surface area contributed by atoms with Crippen molar-refractivity contribution in [1.29, 1.82) is 0 Å². The van der Waals surface area contributed by atoms with Gasteiger partial charge in [0.25, 0.3) is 0 Å². The number of hydrogen-bond acceptors (Lipinski definition) is 3. The molecule has 0 aliphatic carbocycles. The summed E-state index contributed by atoms with van der Waals surface area (Å²) in [6.45, 7) is 9.27. The normalized spacial score (nSPS) is 18.3. The Labute approximate surface area is 140 Å². The van der Waals surface area contributed by atoms with Crippen LogP contribution in [-0.2, 0) is 4.79 Å². The summed E-state index contributed by atoms with van der Waals surface area (Å²) in [5, 5.41) is 7.26. The van der Waals surface area contributed by atoms with Crippen LogP contribution in [0.1, 0.15) is 68.4 Å². The Morgan fingerprint density at radius 1 is 1.22 bits per heavy atom. The Morgan fingerprint density at radius 2 is 1.83 bits per heavy atom. The van der Waals surface area contributed by atoms with Gasteiger partial charge in [-0.2, -0.15) is 5.10 Å². The molecule has 0 radical (unpaired) electrons. The van der Waals surface area contributed by atoms with E-state index in [4.69, 9.17) is 0 Å². The van der Waals surface area contributed by atoms with E-state index in [1.807, 2.05) is 25.8 Å². The SMILES string of the molecule is Cc1n[nH]c(C)c1[C@@H](C)N(C)C(=O)CCN1CCCCCCC1. The van der Waals surface area contributed by atoms with E-state index < -0.39 is 0 Å². The van der Waals surface area contributed by atoms with Crippen molar-refractivity contribution in [2.45, 2.75) is 65.3 Å². The van der Waals surface area contributed by atoms with Gasteiger partial charge in [-0.1, -0.05) is 19.3 Å². The predicted molar refractivity (Wildman–Crippen MR) is 93.4 cm³/mol. The summed E-state index contributed by atoms with van der Waals surface area (Å²) in [6, 6.07) is 0.0635. The quantitative estimate of drug-likeness (QED) is 0.906. The molecule has 2 heterocycles. The average molecular weight is 320 g/mol. The van der Waals surface area contributed by atoms with E-state index in [2.05, 4.69) is 22.0 Å². The fraction of sp³-hybridized carbons (Fsp3) is 0.778. The molecule has 1 aliphatic rings. The molecule has 0 unspecified atom stereocenters. The van der Waals surface area contributed by atoms with Gasteiger partial charge < -0.3 is 9.80 Å². The highest BCUT2D eigenvalue weighted by Crippen LogP contribution is 2.24. The van der Waals surface area contributed by atoms with Crippen molar-refractivity contribution in [1.82, 2.24) is 20.0 Å². The van der Waals surface area contributed by atoms with Crippen molar-refractivity contribution >= 4 is 5.91 Å². The third-order valence-electron chi connectivity index (χ3n) is 5.17. The van der Waals surface area contributed by atoms with E-state index in [1.54, 1.807) is 0 Å². The number of carbonyl (C=O) groups is 1. The molecular formula is C18H32N4O. The molecule has 130 valence electrons. The first-order chi connectivity index (χ1) is 11.0. The smallest absolute Gasteiger partial charge is 0.224 e. The van der Waals surface area contributed by atoms with Crippen LogP contribution in [0.5, 0.6) is 0 Å². The van der Waals surface area contributed by atoms with Gasteiger partial charge in [0.15, 0.2) is 0 Å². The lowest BCUT2D eigenvalue weighted by atomic mass is 10.0. The first kappa shape index (κ1) is 18.0. The molecule has 0 saturated carbocycles. The largest absolute Gasteiger partial charge is 0.339 e. The number of aromatic nitrogens is 2. The van der Waals surface area contributed by atoms with Gasteiger partial charge in [-0.15, -0.1) is 0 Å². The van der Waals surface area contributed by atoms with Crippen LogP contribution in [0, 0.1) is 13.8 Å². The summed E-state index contributed by atoms with van der Waals surface area (Å²) in [7, 11) is 1.91. The van der Waals surface area contributed by atoms with Gasteiger partial charge in [0.2, 0.25) is 5.91 Å². The van der Waals surface area contributed by atoms with Gasteiger partial charge in [-0.05, 0) is 46.7 Å². The molecule has 2 rings (SSSR count). The Morgan fingerprint density at radius 3 is 2.39 bits per heavy atom. The second kappa shape index (κ2) is 8.48. The molecule has 1 saturated heterocycles. The van der Waals surface area contributed by atoms with Crippen molar-refractivity contribution in [3.05, 3.63) is 17.0 Å².